The summed E-state index contributed by atoms with van der Waals surface area (Å²) in [5.41, 5.74) is 3.70. The number of hydrogen-bond donors (Lipinski definition) is 2. The van der Waals surface area contributed by atoms with Crippen LogP contribution in [0.3, 0.4) is 0 Å². The monoisotopic (exact) mass is 375 g/mol. The Kier molecular flexibility index (Phi) is 5.10. The van der Waals surface area contributed by atoms with Gasteiger partial charge in [-0.15, -0.1) is 0 Å². The second-order valence-electron chi connectivity index (χ2n) is 6.44. The maximum Gasteiger partial charge on any atom is 0.253 e. The Hall–Kier alpha value is -3.54. The molecule has 0 saturated carbocycles. The summed E-state index contributed by atoms with van der Waals surface area (Å²) in [7, 11) is 0. The molecule has 0 radical (unpaired) electrons. The number of nitrogens with zero attached hydrogens (tertiary/aromatic N) is 1. The van der Waals surface area contributed by atoms with Gasteiger partial charge in [0, 0.05) is 18.4 Å². The van der Waals surface area contributed by atoms with Crippen molar-refractivity contribution in [2.45, 2.75) is 19.9 Å². The maximum atomic E-state index is 12.4. The van der Waals surface area contributed by atoms with E-state index in [2.05, 4.69) is 28.6 Å². The molecule has 2 N–H and O–H groups in total. The number of hydrogen-bond acceptors (Lipinski definition) is 5. The number of ether oxygens (including phenoxy) is 2. The Bertz CT molecular complexity index is 987. The zero-order valence-corrected chi connectivity index (χ0v) is 15.6. The second-order valence-corrected chi connectivity index (χ2v) is 6.44. The molecule has 0 saturated heterocycles. The largest absolute Gasteiger partial charge is 0.454 e. The Morgan fingerprint density at radius 2 is 1.93 bits per heavy atom. The number of anilines is 2. The molecule has 1 aliphatic rings. The molecule has 0 atom stereocenters. The Labute approximate surface area is 163 Å². The molecule has 6 heteroatoms. The summed E-state index contributed by atoms with van der Waals surface area (Å²) in [6, 6.07) is 17.3. The number of para-hydroxylation sites is 1. The minimum absolute atomic E-state index is 0.175. The van der Waals surface area contributed by atoms with Crippen LogP contribution in [0.4, 0.5) is 11.5 Å². The molecule has 0 aliphatic carbocycles. The number of carbonyl (C=O) groups excluding carboxylic acids is 1. The predicted molar refractivity (Wildman–Crippen MR) is 107 cm³/mol. The SMILES string of the molecule is CCc1ccccc1Nc1ccc(C(=O)NCc2ccc3c(c2)OCO3)cn1. The van der Waals surface area contributed by atoms with Crippen LogP contribution in [0.1, 0.15) is 28.4 Å². The first-order chi connectivity index (χ1) is 13.7. The fourth-order valence-corrected chi connectivity index (χ4v) is 3.03. The normalized spacial score (nSPS) is 11.9. The third-order valence-corrected chi connectivity index (χ3v) is 4.58. The van der Waals surface area contributed by atoms with E-state index in [0.29, 0.717) is 23.7 Å². The number of benzene rings is 2. The highest BCUT2D eigenvalue weighted by molar-refractivity contribution is 5.94. The van der Waals surface area contributed by atoms with Crippen molar-refractivity contribution in [1.82, 2.24) is 10.3 Å². The topological polar surface area (TPSA) is 72.5 Å². The fourth-order valence-electron chi connectivity index (χ4n) is 3.03. The summed E-state index contributed by atoms with van der Waals surface area (Å²) in [5, 5.41) is 6.20. The molecule has 3 aromatic rings. The number of amides is 1. The van der Waals surface area contributed by atoms with Gasteiger partial charge >= 0.3 is 0 Å². The first kappa shape index (κ1) is 17.9. The fraction of sp³-hybridized carbons (Fsp3) is 0.182. The molecule has 0 bridgehead atoms. The standard InChI is InChI=1S/C22H21N3O3/c1-2-16-5-3-4-6-18(16)25-21-10-8-17(13-23-21)22(26)24-12-15-7-9-19-20(11-15)28-14-27-19/h3-11,13H,2,12,14H2,1H3,(H,23,25)(H,24,26). The van der Waals surface area contributed by atoms with Gasteiger partial charge in [0.15, 0.2) is 11.5 Å². The van der Waals surface area contributed by atoms with Crippen molar-refractivity contribution in [3.8, 4) is 11.5 Å². The molecule has 28 heavy (non-hydrogen) atoms. The van der Waals surface area contributed by atoms with E-state index in [-0.39, 0.29) is 12.7 Å². The number of carbonyl (C=O) groups is 1. The molecular formula is C22H21N3O3. The zero-order chi connectivity index (χ0) is 19.3. The van der Waals surface area contributed by atoms with Crippen LogP contribution in [-0.2, 0) is 13.0 Å². The van der Waals surface area contributed by atoms with E-state index in [1.165, 1.54) is 5.56 Å². The lowest BCUT2D eigenvalue weighted by Gasteiger charge is -2.11. The van der Waals surface area contributed by atoms with Crippen LogP contribution in [0, 0.1) is 0 Å². The lowest BCUT2D eigenvalue weighted by atomic mass is 10.1. The van der Waals surface area contributed by atoms with Gasteiger partial charge in [-0.25, -0.2) is 4.98 Å². The van der Waals surface area contributed by atoms with Crippen molar-refractivity contribution in [2.24, 2.45) is 0 Å². The smallest absolute Gasteiger partial charge is 0.253 e. The van der Waals surface area contributed by atoms with Crippen molar-refractivity contribution >= 4 is 17.4 Å². The van der Waals surface area contributed by atoms with Crippen LogP contribution in [0.2, 0.25) is 0 Å². The van der Waals surface area contributed by atoms with Gasteiger partial charge in [0.05, 0.1) is 5.56 Å². The third kappa shape index (κ3) is 3.91. The average molecular weight is 375 g/mol. The first-order valence-corrected chi connectivity index (χ1v) is 9.20. The van der Waals surface area contributed by atoms with Gasteiger partial charge in [0.25, 0.3) is 5.91 Å². The highest BCUT2D eigenvalue weighted by Gasteiger charge is 2.14. The van der Waals surface area contributed by atoms with E-state index in [9.17, 15) is 4.79 Å². The van der Waals surface area contributed by atoms with Crippen molar-refractivity contribution in [2.75, 3.05) is 12.1 Å². The van der Waals surface area contributed by atoms with Crippen LogP contribution in [0.25, 0.3) is 0 Å². The van der Waals surface area contributed by atoms with Crippen LogP contribution in [0.15, 0.2) is 60.8 Å². The van der Waals surface area contributed by atoms with Crippen molar-refractivity contribution in [3.63, 3.8) is 0 Å². The number of pyridine rings is 1. The minimum atomic E-state index is -0.175. The average Bonchev–Trinajstić information content (AvgIpc) is 3.21. The third-order valence-electron chi connectivity index (χ3n) is 4.58. The molecule has 1 aliphatic heterocycles. The number of nitrogens with one attached hydrogen (secondary N) is 2. The van der Waals surface area contributed by atoms with Gasteiger partial charge in [-0.2, -0.15) is 0 Å². The van der Waals surface area contributed by atoms with E-state index in [1.54, 1.807) is 12.3 Å². The van der Waals surface area contributed by atoms with Crippen LogP contribution in [0.5, 0.6) is 11.5 Å². The van der Waals surface area contributed by atoms with Gasteiger partial charge in [0.1, 0.15) is 5.82 Å². The molecule has 0 spiro atoms. The molecule has 142 valence electrons. The van der Waals surface area contributed by atoms with Gasteiger partial charge < -0.3 is 20.1 Å². The summed E-state index contributed by atoms with van der Waals surface area (Å²) in [4.78, 5) is 16.8. The zero-order valence-electron chi connectivity index (χ0n) is 15.6. The molecule has 0 fully saturated rings. The summed E-state index contributed by atoms with van der Waals surface area (Å²) in [5.74, 6) is 1.96. The van der Waals surface area contributed by atoms with Crippen LogP contribution < -0.4 is 20.1 Å². The van der Waals surface area contributed by atoms with Gasteiger partial charge in [-0.1, -0.05) is 31.2 Å². The van der Waals surface area contributed by atoms with Crippen molar-refractivity contribution in [3.05, 3.63) is 77.5 Å². The Morgan fingerprint density at radius 1 is 1.07 bits per heavy atom. The highest BCUT2D eigenvalue weighted by Crippen LogP contribution is 2.32. The van der Waals surface area contributed by atoms with Crippen LogP contribution in [-0.4, -0.2) is 17.7 Å². The lowest BCUT2D eigenvalue weighted by molar-refractivity contribution is 0.0950. The van der Waals surface area contributed by atoms with Crippen molar-refractivity contribution < 1.29 is 14.3 Å². The highest BCUT2D eigenvalue weighted by atomic mass is 16.7. The Balaban J connectivity index is 1.37. The first-order valence-electron chi connectivity index (χ1n) is 9.20. The minimum Gasteiger partial charge on any atom is -0.454 e. The number of fused-ring (bicyclic) bond motifs is 1. The second kappa shape index (κ2) is 8.00. The van der Waals surface area contributed by atoms with Crippen molar-refractivity contribution in [1.29, 1.82) is 0 Å². The van der Waals surface area contributed by atoms with Gasteiger partial charge in [-0.3, -0.25) is 4.79 Å². The van der Waals surface area contributed by atoms with E-state index in [0.717, 1.165) is 23.4 Å². The lowest BCUT2D eigenvalue weighted by Crippen LogP contribution is -2.22. The van der Waals surface area contributed by atoms with Gasteiger partial charge in [-0.05, 0) is 47.9 Å². The molecule has 1 aromatic heterocycles. The van der Waals surface area contributed by atoms with E-state index >= 15 is 0 Å². The number of rotatable bonds is 6. The maximum absolute atomic E-state index is 12.4. The van der Waals surface area contributed by atoms with E-state index in [1.807, 2.05) is 42.5 Å². The molecule has 4 rings (SSSR count). The van der Waals surface area contributed by atoms with Gasteiger partial charge in [0.2, 0.25) is 6.79 Å². The molecule has 1 amide bonds. The molecular weight excluding hydrogens is 354 g/mol. The summed E-state index contributed by atoms with van der Waals surface area (Å²) in [6.07, 6.45) is 2.51. The van der Waals surface area contributed by atoms with Crippen LogP contribution >= 0.6 is 0 Å². The number of aromatic nitrogens is 1. The van der Waals surface area contributed by atoms with E-state index in [4.69, 9.17) is 9.47 Å². The quantitative estimate of drug-likeness (QED) is 0.680. The molecule has 2 heterocycles. The molecule has 6 nitrogen and oxygen atoms in total. The summed E-state index contributed by atoms with van der Waals surface area (Å²) < 4.78 is 10.6. The Morgan fingerprint density at radius 3 is 2.75 bits per heavy atom. The predicted octanol–water partition coefficient (Wildman–Crippen LogP) is 4.05. The number of aryl methyl sites for hydroxylation is 1. The van der Waals surface area contributed by atoms with E-state index < -0.39 is 0 Å². The molecule has 2 aromatic carbocycles. The summed E-state index contributed by atoms with van der Waals surface area (Å²) in [6.45, 7) is 2.75. The summed E-state index contributed by atoms with van der Waals surface area (Å²) >= 11 is 0. The molecule has 0 unspecified atom stereocenters.